The number of rotatable bonds is 4. The molecule has 0 aliphatic rings. The fourth-order valence-corrected chi connectivity index (χ4v) is 2.88. The summed E-state index contributed by atoms with van der Waals surface area (Å²) in [5.74, 6) is -0.623. The number of anilines is 1. The predicted octanol–water partition coefficient (Wildman–Crippen LogP) is 3.98. The molecule has 0 unspecified atom stereocenters. The van der Waals surface area contributed by atoms with Crippen LogP contribution in [-0.2, 0) is 6.42 Å². The lowest BCUT2D eigenvalue weighted by atomic mass is 10.1. The number of carbonyl (C=O) groups is 1. The van der Waals surface area contributed by atoms with Crippen LogP contribution < -0.4 is 5.32 Å². The third-order valence-corrected chi connectivity index (χ3v) is 4.17. The van der Waals surface area contributed by atoms with Gasteiger partial charge >= 0.3 is 0 Å². The zero-order valence-corrected chi connectivity index (χ0v) is 14.4. The summed E-state index contributed by atoms with van der Waals surface area (Å²) in [5.41, 5.74) is 1.74. The molecule has 0 saturated heterocycles. The van der Waals surface area contributed by atoms with Crippen molar-refractivity contribution in [3.63, 3.8) is 0 Å². The van der Waals surface area contributed by atoms with Gasteiger partial charge in [-0.2, -0.15) is 4.98 Å². The molecule has 0 spiro atoms. The van der Waals surface area contributed by atoms with Crippen LogP contribution in [0.2, 0.25) is 0 Å². The first-order valence-electron chi connectivity index (χ1n) is 7.35. The third-order valence-electron chi connectivity index (χ3n) is 3.53. The highest BCUT2D eigenvalue weighted by molar-refractivity contribution is 9.10. The van der Waals surface area contributed by atoms with E-state index in [1.165, 1.54) is 17.1 Å². The largest absolute Gasteiger partial charge is 0.289 e. The van der Waals surface area contributed by atoms with Crippen LogP contribution >= 0.6 is 15.9 Å². The summed E-state index contributed by atoms with van der Waals surface area (Å²) in [5, 5.41) is 6.77. The summed E-state index contributed by atoms with van der Waals surface area (Å²) in [6.07, 6.45) is 2.10. The van der Waals surface area contributed by atoms with Crippen molar-refractivity contribution in [3.05, 3.63) is 70.2 Å². The zero-order chi connectivity index (χ0) is 17.1. The lowest BCUT2D eigenvalue weighted by molar-refractivity contribution is 0.102. The minimum Gasteiger partial charge on any atom is -0.289 e. The van der Waals surface area contributed by atoms with Crippen molar-refractivity contribution < 1.29 is 9.18 Å². The Labute approximate surface area is 146 Å². The maximum absolute atomic E-state index is 14.0. The molecule has 0 saturated carbocycles. The van der Waals surface area contributed by atoms with Gasteiger partial charge in [-0.05, 0) is 46.1 Å². The van der Waals surface area contributed by atoms with Gasteiger partial charge in [0, 0.05) is 10.0 Å². The molecule has 1 amide bonds. The quantitative estimate of drug-likeness (QED) is 0.734. The van der Waals surface area contributed by atoms with Gasteiger partial charge in [0.2, 0.25) is 5.95 Å². The molecule has 3 aromatic rings. The van der Waals surface area contributed by atoms with Crippen molar-refractivity contribution >= 4 is 27.8 Å². The molecule has 24 heavy (non-hydrogen) atoms. The minimum atomic E-state index is -0.441. The number of nitrogens with zero attached hydrogens (tertiary/aromatic N) is 3. The normalized spacial score (nSPS) is 10.6. The first-order chi connectivity index (χ1) is 11.6. The van der Waals surface area contributed by atoms with Crippen molar-refractivity contribution in [2.45, 2.75) is 13.3 Å². The van der Waals surface area contributed by atoms with Gasteiger partial charge in [0.25, 0.3) is 5.91 Å². The summed E-state index contributed by atoms with van der Waals surface area (Å²) in [6.45, 7) is 1.98. The Hall–Kier alpha value is -2.54. The Morgan fingerprint density at radius 3 is 2.79 bits per heavy atom. The van der Waals surface area contributed by atoms with E-state index in [-0.39, 0.29) is 17.5 Å². The standard InChI is InChI=1S/C17H14BrFN4O/c1-2-11-6-3-4-7-12(11)16(24)21-17-20-10-23(22-17)15-13(18)8-5-9-14(15)19/h3-10H,2H2,1H3,(H,21,22,24). The van der Waals surface area contributed by atoms with Crippen molar-refractivity contribution in [1.82, 2.24) is 14.8 Å². The number of amides is 1. The maximum Gasteiger partial charge on any atom is 0.258 e. The second-order valence-electron chi connectivity index (χ2n) is 5.05. The Bertz CT molecular complexity index is 874. The molecule has 0 aliphatic heterocycles. The number of carbonyl (C=O) groups excluding carboxylic acids is 1. The topological polar surface area (TPSA) is 59.8 Å². The number of nitrogens with one attached hydrogen (secondary N) is 1. The van der Waals surface area contributed by atoms with Crippen molar-refractivity contribution in [3.8, 4) is 5.69 Å². The molecular weight excluding hydrogens is 375 g/mol. The van der Waals surface area contributed by atoms with Crippen LogP contribution in [0.3, 0.4) is 0 Å². The summed E-state index contributed by atoms with van der Waals surface area (Å²) >= 11 is 3.28. The van der Waals surface area contributed by atoms with E-state index in [1.807, 2.05) is 19.1 Å². The molecule has 1 heterocycles. The van der Waals surface area contributed by atoms with Gasteiger partial charge < -0.3 is 0 Å². The average molecular weight is 389 g/mol. The minimum absolute atomic E-state index is 0.112. The molecule has 0 fully saturated rings. The number of aryl methyl sites for hydroxylation is 1. The maximum atomic E-state index is 14.0. The van der Waals surface area contributed by atoms with E-state index in [4.69, 9.17) is 0 Å². The van der Waals surface area contributed by atoms with Crippen LogP contribution in [0, 0.1) is 5.82 Å². The molecule has 0 radical (unpaired) electrons. The van der Waals surface area contributed by atoms with Crippen LogP contribution in [0.4, 0.5) is 10.3 Å². The van der Waals surface area contributed by atoms with Crippen molar-refractivity contribution in [2.24, 2.45) is 0 Å². The molecule has 5 nitrogen and oxygen atoms in total. The molecule has 2 aromatic carbocycles. The molecule has 0 aliphatic carbocycles. The van der Waals surface area contributed by atoms with Crippen LogP contribution in [0.25, 0.3) is 5.69 Å². The number of para-hydroxylation sites is 1. The Morgan fingerprint density at radius 1 is 1.25 bits per heavy atom. The first-order valence-corrected chi connectivity index (χ1v) is 8.14. The SMILES string of the molecule is CCc1ccccc1C(=O)Nc1ncn(-c2c(F)cccc2Br)n1. The summed E-state index contributed by atoms with van der Waals surface area (Å²) in [7, 11) is 0. The summed E-state index contributed by atoms with van der Waals surface area (Å²) < 4.78 is 15.8. The van der Waals surface area contributed by atoms with E-state index in [0.29, 0.717) is 10.0 Å². The molecule has 7 heteroatoms. The fourth-order valence-electron chi connectivity index (χ4n) is 2.35. The van der Waals surface area contributed by atoms with Crippen LogP contribution in [0.1, 0.15) is 22.8 Å². The predicted molar refractivity (Wildman–Crippen MR) is 92.8 cm³/mol. The van der Waals surface area contributed by atoms with Gasteiger partial charge in [-0.1, -0.05) is 31.2 Å². The third kappa shape index (κ3) is 3.21. The van der Waals surface area contributed by atoms with Gasteiger partial charge in [0.05, 0.1) is 0 Å². The second kappa shape index (κ2) is 6.92. The van der Waals surface area contributed by atoms with E-state index >= 15 is 0 Å². The monoisotopic (exact) mass is 388 g/mol. The Morgan fingerprint density at radius 2 is 2.04 bits per heavy atom. The highest BCUT2D eigenvalue weighted by atomic mass is 79.9. The molecule has 1 aromatic heterocycles. The fraction of sp³-hybridized carbons (Fsp3) is 0.118. The van der Waals surface area contributed by atoms with Gasteiger partial charge in [-0.3, -0.25) is 10.1 Å². The number of hydrogen-bond donors (Lipinski definition) is 1. The summed E-state index contributed by atoms with van der Waals surface area (Å²) in [6, 6.07) is 12.0. The smallest absolute Gasteiger partial charge is 0.258 e. The van der Waals surface area contributed by atoms with Crippen LogP contribution in [0.5, 0.6) is 0 Å². The number of benzene rings is 2. The van der Waals surface area contributed by atoms with E-state index in [0.717, 1.165) is 12.0 Å². The number of aromatic nitrogens is 3. The Balaban J connectivity index is 1.85. The lowest BCUT2D eigenvalue weighted by Crippen LogP contribution is -2.15. The molecule has 0 atom stereocenters. The van der Waals surface area contributed by atoms with E-state index in [2.05, 4.69) is 31.3 Å². The number of hydrogen-bond acceptors (Lipinski definition) is 3. The van der Waals surface area contributed by atoms with E-state index in [1.54, 1.807) is 24.3 Å². The molecular formula is C17H14BrFN4O. The van der Waals surface area contributed by atoms with Crippen LogP contribution in [-0.4, -0.2) is 20.7 Å². The van der Waals surface area contributed by atoms with Crippen molar-refractivity contribution in [2.75, 3.05) is 5.32 Å². The average Bonchev–Trinajstić information content (AvgIpc) is 3.02. The lowest BCUT2D eigenvalue weighted by Gasteiger charge is -2.06. The highest BCUT2D eigenvalue weighted by Gasteiger charge is 2.15. The highest BCUT2D eigenvalue weighted by Crippen LogP contribution is 2.23. The Kier molecular flexibility index (Phi) is 4.71. The second-order valence-corrected chi connectivity index (χ2v) is 5.90. The van der Waals surface area contributed by atoms with Gasteiger partial charge in [0.15, 0.2) is 0 Å². The van der Waals surface area contributed by atoms with Crippen molar-refractivity contribution in [1.29, 1.82) is 0 Å². The first kappa shape index (κ1) is 16.3. The van der Waals surface area contributed by atoms with Gasteiger partial charge in [-0.15, -0.1) is 5.10 Å². The van der Waals surface area contributed by atoms with Gasteiger partial charge in [0.1, 0.15) is 17.8 Å². The summed E-state index contributed by atoms with van der Waals surface area (Å²) in [4.78, 5) is 16.4. The molecule has 3 rings (SSSR count). The molecule has 122 valence electrons. The van der Waals surface area contributed by atoms with E-state index < -0.39 is 5.82 Å². The molecule has 1 N–H and O–H groups in total. The van der Waals surface area contributed by atoms with Gasteiger partial charge in [-0.25, -0.2) is 9.07 Å². The molecule has 0 bridgehead atoms. The zero-order valence-electron chi connectivity index (χ0n) is 12.8. The van der Waals surface area contributed by atoms with E-state index in [9.17, 15) is 9.18 Å². The van der Waals surface area contributed by atoms with Crippen LogP contribution in [0.15, 0.2) is 53.3 Å². The number of halogens is 2.